The number of hydrogen-bond donors (Lipinski definition) is 1. The molecule has 1 amide bonds. The van der Waals surface area contributed by atoms with Gasteiger partial charge >= 0.3 is 0 Å². The monoisotopic (exact) mass is 371 g/mol. The number of hydrogen-bond acceptors (Lipinski definition) is 2. The lowest BCUT2D eigenvalue weighted by molar-refractivity contribution is 0.102. The van der Waals surface area contributed by atoms with E-state index in [2.05, 4.69) is 10.4 Å². The molecule has 1 heterocycles. The van der Waals surface area contributed by atoms with E-state index in [0.29, 0.717) is 23.5 Å². The van der Waals surface area contributed by atoms with Crippen molar-refractivity contribution < 1.29 is 9.18 Å². The minimum atomic E-state index is -0.525. The Bertz CT molecular complexity index is 964. The van der Waals surface area contributed by atoms with Gasteiger partial charge in [0.15, 0.2) is 0 Å². The quantitative estimate of drug-likeness (QED) is 0.708. The van der Waals surface area contributed by atoms with Crippen LogP contribution in [-0.2, 0) is 6.54 Å². The first-order valence-electron chi connectivity index (χ1n) is 8.21. The highest BCUT2D eigenvalue weighted by Gasteiger charge is 2.19. The standard InChI is InChI=1S/C20H19ClFN3O/c1-12-4-6-15(7-5-12)11-25-14(3)19(13(2)24-25)20(26)23-16-8-9-18(22)17(21)10-16/h4-10H,11H2,1-3H3,(H,23,26). The van der Waals surface area contributed by atoms with Crippen LogP contribution in [0.4, 0.5) is 10.1 Å². The molecule has 0 aliphatic carbocycles. The van der Waals surface area contributed by atoms with Crippen LogP contribution in [0, 0.1) is 26.6 Å². The van der Waals surface area contributed by atoms with E-state index in [1.165, 1.54) is 23.8 Å². The molecule has 0 fully saturated rings. The number of aryl methyl sites for hydroxylation is 2. The molecule has 134 valence electrons. The molecule has 0 bridgehead atoms. The van der Waals surface area contributed by atoms with Gasteiger partial charge in [-0.15, -0.1) is 0 Å². The molecular weight excluding hydrogens is 353 g/mol. The molecule has 0 radical (unpaired) electrons. The van der Waals surface area contributed by atoms with Crippen LogP contribution in [0.2, 0.25) is 5.02 Å². The van der Waals surface area contributed by atoms with Gasteiger partial charge in [-0.25, -0.2) is 4.39 Å². The lowest BCUT2D eigenvalue weighted by Crippen LogP contribution is -2.14. The normalized spacial score (nSPS) is 10.8. The second kappa shape index (κ2) is 7.30. The van der Waals surface area contributed by atoms with E-state index < -0.39 is 5.82 Å². The van der Waals surface area contributed by atoms with E-state index in [1.54, 1.807) is 6.92 Å². The van der Waals surface area contributed by atoms with Crippen LogP contribution in [0.25, 0.3) is 0 Å². The van der Waals surface area contributed by atoms with Crippen molar-refractivity contribution in [2.45, 2.75) is 27.3 Å². The molecule has 1 aromatic heterocycles. The molecule has 26 heavy (non-hydrogen) atoms. The Kier molecular flexibility index (Phi) is 5.09. The van der Waals surface area contributed by atoms with Crippen molar-refractivity contribution >= 4 is 23.2 Å². The van der Waals surface area contributed by atoms with E-state index in [1.807, 2.05) is 42.8 Å². The fourth-order valence-electron chi connectivity index (χ4n) is 2.81. The second-order valence-corrected chi connectivity index (χ2v) is 6.68. The van der Waals surface area contributed by atoms with Crippen LogP contribution >= 0.6 is 11.6 Å². The summed E-state index contributed by atoms with van der Waals surface area (Å²) >= 11 is 5.77. The van der Waals surface area contributed by atoms with Crippen molar-refractivity contribution in [3.63, 3.8) is 0 Å². The molecule has 0 unspecified atom stereocenters. The summed E-state index contributed by atoms with van der Waals surface area (Å²) < 4.78 is 15.1. The van der Waals surface area contributed by atoms with Gasteiger partial charge in [0, 0.05) is 11.4 Å². The lowest BCUT2D eigenvalue weighted by Gasteiger charge is -2.08. The highest BCUT2D eigenvalue weighted by atomic mass is 35.5. The number of nitrogens with one attached hydrogen (secondary N) is 1. The number of anilines is 1. The highest BCUT2D eigenvalue weighted by Crippen LogP contribution is 2.21. The van der Waals surface area contributed by atoms with Crippen molar-refractivity contribution in [3.05, 3.63) is 81.4 Å². The van der Waals surface area contributed by atoms with Crippen molar-refractivity contribution in [3.8, 4) is 0 Å². The van der Waals surface area contributed by atoms with Gasteiger partial charge in [0.2, 0.25) is 0 Å². The predicted octanol–water partition coefficient (Wildman–Crippen LogP) is 4.90. The maximum atomic E-state index is 13.3. The Morgan fingerprint density at radius 2 is 1.85 bits per heavy atom. The van der Waals surface area contributed by atoms with Gasteiger partial charge in [-0.3, -0.25) is 9.48 Å². The van der Waals surface area contributed by atoms with E-state index in [-0.39, 0.29) is 10.9 Å². The fourth-order valence-corrected chi connectivity index (χ4v) is 2.99. The zero-order valence-corrected chi connectivity index (χ0v) is 15.6. The van der Waals surface area contributed by atoms with Crippen LogP contribution in [0.3, 0.4) is 0 Å². The van der Waals surface area contributed by atoms with Crippen molar-refractivity contribution in [2.24, 2.45) is 0 Å². The Morgan fingerprint density at radius 3 is 2.50 bits per heavy atom. The van der Waals surface area contributed by atoms with E-state index in [9.17, 15) is 9.18 Å². The van der Waals surface area contributed by atoms with Gasteiger partial charge in [-0.2, -0.15) is 5.10 Å². The molecule has 0 atom stereocenters. The average Bonchev–Trinajstić information content (AvgIpc) is 2.87. The smallest absolute Gasteiger partial charge is 0.259 e. The predicted molar refractivity (Wildman–Crippen MR) is 101 cm³/mol. The topological polar surface area (TPSA) is 46.9 Å². The lowest BCUT2D eigenvalue weighted by atomic mass is 10.1. The number of halogens is 2. The molecular formula is C20H19ClFN3O. The second-order valence-electron chi connectivity index (χ2n) is 6.27. The van der Waals surface area contributed by atoms with Crippen LogP contribution < -0.4 is 5.32 Å². The Hall–Kier alpha value is -2.66. The Morgan fingerprint density at radius 1 is 1.15 bits per heavy atom. The highest BCUT2D eigenvalue weighted by molar-refractivity contribution is 6.31. The third-order valence-corrected chi connectivity index (χ3v) is 4.53. The number of carbonyl (C=O) groups excluding carboxylic acids is 1. The minimum absolute atomic E-state index is 0.0358. The molecule has 0 aliphatic heterocycles. The van der Waals surface area contributed by atoms with Crippen molar-refractivity contribution in [1.29, 1.82) is 0 Å². The number of nitrogens with zero attached hydrogens (tertiary/aromatic N) is 2. The van der Waals surface area contributed by atoms with Gasteiger partial charge in [0.05, 0.1) is 22.8 Å². The number of aromatic nitrogens is 2. The number of rotatable bonds is 4. The van der Waals surface area contributed by atoms with Crippen molar-refractivity contribution in [1.82, 2.24) is 9.78 Å². The van der Waals surface area contributed by atoms with E-state index in [4.69, 9.17) is 11.6 Å². The van der Waals surface area contributed by atoms with Gasteiger partial charge in [-0.1, -0.05) is 41.4 Å². The zero-order valence-electron chi connectivity index (χ0n) is 14.8. The van der Waals surface area contributed by atoms with E-state index in [0.717, 1.165) is 11.3 Å². The molecule has 2 aromatic carbocycles. The summed E-state index contributed by atoms with van der Waals surface area (Å²) in [5.74, 6) is -0.819. The molecule has 4 nitrogen and oxygen atoms in total. The first-order valence-corrected chi connectivity index (χ1v) is 8.59. The maximum absolute atomic E-state index is 13.3. The molecule has 1 N–H and O–H groups in total. The summed E-state index contributed by atoms with van der Waals surface area (Å²) in [5, 5.41) is 7.21. The molecule has 0 saturated heterocycles. The summed E-state index contributed by atoms with van der Waals surface area (Å²) in [4.78, 5) is 12.7. The van der Waals surface area contributed by atoms with Gasteiger partial charge < -0.3 is 5.32 Å². The summed E-state index contributed by atoms with van der Waals surface area (Å²) in [6, 6.07) is 12.3. The first-order chi connectivity index (χ1) is 12.3. The average molecular weight is 372 g/mol. The Labute approximate surface area is 156 Å². The summed E-state index contributed by atoms with van der Waals surface area (Å²) in [5.41, 5.74) is 4.66. The van der Waals surface area contributed by atoms with E-state index >= 15 is 0 Å². The maximum Gasteiger partial charge on any atom is 0.259 e. The van der Waals surface area contributed by atoms with Crippen molar-refractivity contribution in [2.75, 3.05) is 5.32 Å². The number of carbonyl (C=O) groups is 1. The zero-order chi connectivity index (χ0) is 18.8. The molecule has 0 spiro atoms. The SMILES string of the molecule is Cc1ccc(Cn2nc(C)c(C(=O)Nc3ccc(F)c(Cl)c3)c2C)cc1. The third kappa shape index (κ3) is 3.78. The minimum Gasteiger partial charge on any atom is -0.322 e. The molecule has 6 heteroatoms. The van der Waals surface area contributed by atoms with Crippen LogP contribution in [-0.4, -0.2) is 15.7 Å². The molecule has 0 saturated carbocycles. The van der Waals surface area contributed by atoms with Crippen LogP contribution in [0.5, 0.6) is 0 Å². The summed E-state index contributed by atoms with van der Waals surface area (Å²) in [6.07, 6.45) is 0. The van der Waals surface area contributed by atoms with Crippen LogP contribution in [0.15, 0.2) is 42.5 Å². The molecule has 3 rings (SSSR count). The third-order valence-electron chi connectivity index (χ3n) is 4.24. The van der Waals surface area contributed by atoms with Gasteiger partial charge in [0.1, 0.15) is 5.82 Å². The van der Waals surface area contributed by atoms with Gasteiger partial charge in [0.25, 0.3) is 5.91 Å². The Balaban J connectivity index is 1.83. The number of amides is 1. The fraction of sp³-hybridized carbons (Fsp3) is 0.200. The van der Waals surface area contributed by atoms with Gasteiger partial charge in [-0.05, 0) is 44.5 Å². The largest absolute Gasteiger partial charge is 0.322 e. The molecule has 0 aliphatic rings. The first kappa shape index (κ1) is 18.1. The summed E-state index contributed by atoms with van der Waals surface area (Å²) in [6.45, 7) is 6.28. The summed E-state index contributed by atoms with van der Waals surface area (Å²) in [7, 11) is 0. The van der Waals surface area contributed by atoms with Crippen LogP contribution in [0.1, 0.15) is 32.9 Å². The molecule has 3 aromatic rings. The number of benzene rings is 2.